The van der Waals surface area contributed by atoms with E-state index in [9.17, 15) is 4.79 Å². The predicted octanol–water partition coefficient (Wildman–Crippen LogP) is 1.73. The summed E-state index contributed by atoms with van der Waals surface area (Å²) in [7, 11) is 1.27. The van der Waals surface area contributed by atoms with Crippen LogP contribution in [0.25, 0.3) is 0 Å². The number of aromatic nitrogens is 1. The number of ether oxygens (including phenoxy) is 2. The van der Waals surface area contributed by atoms with Gasteiger partial charge in [0.25, 0.3) is 0 Å². The summed E-state index contributed by atoms with van der Waals surface area (Å²) in [5, 5.41) is 8.95. The molecule has 0 spiro atoms. The molecule has 0 saturated carbocycles. The first-order valence-corrected chi connectivity index (χ1v) is 5.85. The number of aliphatic hydroxyl groups is 1. The fourth-order valence-electron chi connectivity index (χ4n) is 1.57. The number of nitrogen functional groups attached to an aromatic ring is 1. The smallest absolute Gasteiger partial charge is 0.340 e. The number of esters is 1. The number of methoxy groups -OCH3 is 1. The number of pyridine rings is 1. The van der Waals surface area contributed by atoms with Crippen LogP contribution in [-0.2, 0) is 11.3 Å². The maximum atomic E-state index is 11.5. The summed E-state index contributed by atoms with van der Waals surface area (Å²) in [6, 6.07) is 8.27. The summed E-state index contributed by atoms with van der Waals surface area (Å²) >= 11 is 0. The lowest BCUT2D eigenvalue weighted by atomic mass is 10.2. The van der Waals surface area contributed by atoms with Gasteiger partial charge in [-0.1, -0.05) is 12.1 Å². The second-order valence-electron chi connectivity index (χ2n) is 4.01. The van der Waals surface area contributed by atoms with Crippen LogP contribution in [0.15, 0.2) is 36.5 Å². The Morgan fingerprint density at radius 2 is 2.05 bits per heavy atom. The number of anilines is 1. The number of aliphatic hydroxyl groups excluding tert-OH is 1. The van der Waals surface area contributed by atoms with Crippen molar-refractivity contribution in [3.8, 4) is 11.6 Å². The van der Waals surface area contributed by atoms with Gasteiger partial charge in [-0.15, -0.1) is 0 Å². The molecule has 104 valence electrons. The van der Waals surface area contributed by atoms with Crippen molar-refractivity contribution in [3.63, 3.8) is 0 Å². The molecule has 0 aliphatic carbocycles. The van der Waals surface area contributed by atoms with Crippen LogP contribution < -0.4 is 10.5 Å². The molecule has 1 aromatic heterocycles. The third-order valence-electron chi connectivity index (χ3n) is 2.64. The number of nitrogens with zero attached hydrogens (tertiary/aromatic N) is 1. The third kappa shape index (κ3) is 3.04. The van der Waals surface area contributed by atoms with Crippen molar-refractivity contribution in [2.24, 2.45) is 0 Å². The van der Waals surface area contributed by atoms with E-state index in [1.807, 2.05) is 0 Å². The van der Waals surface area contributed by atoms with Gasteiger partial charge in [0.15, 0.2) is 0 Å². The van der Waals surface area contributed by atoms with Gasteiger partial charge in [0, 0.05) is 6.07 Å². The molecule has 0 radical (unpaired) electrons. The van der Waals surface area contributed by atoms with Crippen LogP contribution in [0.3, 0.4) is 0 Å². The second-order valence-corrected chi connectivity index (χ2v) is 4.01. The van der Waals surface area contributed by atoms with E-state index in [0.717, 1.165) is 5.56 Å². The molecule has 1 heterocycles. The third-order valence-corrected chi connectivity index (χ3v) is 2.64. The largest absolute Gasteiger partial charge is 0.465 e. The highest BCUT2D eigenvalue weighted by Crippen LogP contribution is 2.23. The first kappa shape index (κ1) is 13.8. The van der Waals surface area contributed by atoms with E-state index in [0.29, 0.717) is 5.75 Å². The fourth-order valence-corrected chi connectivity index (χ4v) is 1.57. The zero-order chi connectivity index (χ0) is 14.5. The van der Waals surface area contributed by atoms with Crippen LogP contribution in [0.5, 0.6) is 11.6 Å². The normalized spacial score (nSPS) is 10.1. The van der Waals surface area contributed by atoms with Crippen LogP contribution >= 0.6 is 0 Å². The summed E-state index contributed by atoms with van der Waals surface area (Å²) < 4.78 is 10.1. The lowest BCUT2D eigenvalue weighted by molar-refractivity contribution is 0.0601. The van der Waals surface area contributed by atoms with E-state index < -0.39 is 5.97 Å². The molecule has 6 heteroatoms. The van der Waals surface area contributed by atoms with Crippen LogP contribution in [-0.4, -0.2) is 23.2 Å². The molecular weight excluding hydrogens is 260 g/mol. The van der Waals surface area contributed by atoms with Crippen molar-refractivity contribution in [2.75, 3.05) is 12.8 Å². The molecule has 20 heavy (non-hydrogen) atoms. The van der Waals surface area contributed by atoms with E-state index in [4.69, 9.17) is 15.6 Å². The Kier molecular flexibility index (Phi) is 4.17. The molecule has 2 rings (SSSR count). The minimum Gasteiger partial charge on any atom is -0.465 e. The molecule has 0 fully saturated rings. The van der Waals surface area contributed by atoms with Crippen LogP contribution in [0.2, 0.25) is 0 Å². The van der Waals surface area contributed by atoms with Gasteiger partial charge in [0.2, 0.25) is 5.88 Å². The Labute approximate surface area is 115 Å². The summed E-state index contributed by atoms with van der Waals surface area (Å²) in [4.78, 5) is 15.5. The number of nitrogens with two attached hydrogens (primary N) is 1. The Bertz CT molecular complexity index is 611. The van der Waals surface area contributed by atoms with E-state index >= 15 is 0 Å². The number of benzene rings is 1. The lowest BCUT2D eigenvalue weighted by Gasteiger charge is -2.08. The average molecular weight is 274 g/mol. The highest BCUT2D eigenvalue weighted by Gasteiger charge is 2.12. The highest BCUT2D eigenvalue weighted by molar-refractivity contribution is 5.95. The SMILES string of the molecule is COC(=O)c1cc(Oc2ccc(CO)cc2)ncc1N. The molecule has 2 aromatic rings. The van der Waals surface area contributed by atoms with Crippen molar-refractivity contribution >= 4 is 11.7 Å². The van der Waals surface area contributed by atoms with E-state index in [1.165, 1.54) is 19.4 Å². The van der Waals surface area contributed by atoms with Gasteiger partial charge in [-0.3, -0.25) is 0 Å². The highest BCUT2D eigenvalue weighted by atomic mass is 16.5. The summed E-state index contributed by atoms with van der Waals surface area (Å²) in [5.41, 5.74) is 6.85. The number of hydrogen-bond acceptors (Lipinski definition) is 6. The van der Waals surface area contributed by atoms with Crippen molar-refractivity contribution in [2.45, 2.75) is 6.61 Å². The van der Waals surface area contributed by atoms with Gasteiger partial charge in [0.05, 0.1) is 31.2 Å². The maximum Gasteiger partial charge on any atom is 0.340 e. The summed E-state index contributed by atoms with van der Waals surface area (Å²) in [5.74, 6) is 0.219. The molecule has 0 bridgehead atoms. The van der Waals surface area contributed by atoms with E-state index in [-0.39, 0.29) is 23.7 Å². The monoisotopic (exact) mass is 274 g/mol. The minimum atomic E-state index is -0.551. The second kappa shape index (κ2) is 6.03. The predicted molar refractivity (Wildman–Crippen MR) is 72.4 cm³/mol. The van der Waals surface area contributed by atoms with E-state index in [1.54, 1.807) is 24.3 Å². The van der Waals surface area contributed by atoms with E-state index in [2.05, 4.69) is 9.72 Å². The van der Waals surface area contributed by atoms with Gasteiger partial charge in [-0.2, -0.15) is 0 Å². The number of carbonyl (C=O) groups excluding carboxylic acids is 1. The van der Waals surface area contributed by atoms with Crippen LogP contribution in [0.4, 0.5) is 5.69 Å². The van der Waals surface area contributed by atoms with Gasteiger partial charge in [-0.25, -0.2) is 9.78 Å². The summed E-state index contributed by atoms with van der Waals surface area (Å²) in [6.45, 7) is -0.0348. The molecule has 3 N–H and O–H groups in total. The van der Waals surface area contributed by atoms with Crippen molar-refractivity contribution in [1.29, 1.82) is 0 Å². The summed E-state index contributed by atoms with van der Waals surface area (Å²) in [6.07, 6.45) is 1.34. The van der Waals surface area contributed by atoms with Gasteiger partial charge >= 0.3 is 5.97 Å². The maximum absolute atomic E-state index is 11.5. The number of hydrogen-bond donors (Lipinski definition) is 2. The molecule has 6 nitrogen and oxygen atoms in total. The van der Waals surface area contributed by atoms with Crippen molar-refractivity contribution in [3.05, 3.63) is 47.7 Å². The number of rotatable bonds is 4. The molecule has 0 amide bonds. The molecular formula is C14H14N2O4. The standard InChI is InChI=1S/C14H14N2O4/c1-19-14(18)11-6-13(16-7-12(11)15)20-10-4-2-9(8-17)3-5-10/h2-7,17H,8,15H2,1H3. The minimum absolute atomic E-state index is 0.0348. The van der Waals surface area contributed by atoms with Gasteiger partial charge in [0.1, 0.15) is 5.75 Å². The van der Waals surface area contributed by atoms with Crippen LogP contribution in [0, 0.1) is 0 Å². The first-order chi connectivity index (χ1) is 9.63. The molecule has 0 atom stereocenters. The Morgan fingerprint density at radius 1 is 1.35 bits per heavy atom. The van der Waals surface area contributed by atoms with Gasteiger partial charge < -0.3 is 20.3 Å². The molecule has 0 unspecified atom stereocenters. The molecule has 1 aromatic carbocycles. The fraction of sp³-hybridized carbons (Fsp3) is 0.143. The van der Waals surface area contributed by atoms with Crippen molar-refractivity contribution in [1.82, 2.24) is 4.98 Å². The first-order valence-electron chi connectivity index (χ1n) is 5.85. The quantitative estimate of drug-likeness (QED) is 0.824. The van der Waals surface area contributed by atoms with Crippen molar-refractivity contribution < 1.29 is 19.4 Å². The Hall–Kier alpha value is -2.60. The zero-order valence-corrected chi connectivity index (χ0v) is 10.9. The number of carbonyl (C=O) groups is 1. The topological polar surface area (TPSA) is 94.7 Å². The molecule has 0 aliphatic heterocycles. The van der Waals surface area contributed by atoms with Crippen LogP contribution in [0.1, 0.15) is 15.9 Å². The Balaban J connectivity index is 2.22. The Morgan fingerprint density at radius 3 is 2.65 bits per heavy atom. The average Bonchev–Trinajstić information content (AvgIpc) is 2.49. The molecule has 0 aliphatic rings. The van der Waals surface area contributed by atoms with Gasteiger partial charge in [-0.05, 0) is 17.7 Å². The lowest BCUT2D eigenvalue weighted by Crippen LogP contribution is -2.06. The zero-order valence-electron chi connectivity index (χ0n) is 10.9. The molecule has 0 saturated heterocycles.